The van der Waals surface area contributed by atoms with Crippen molar-refractivity contribution < 1.29 is 26.9 Å². The molecule has 31 heavy (non-hydrogen) atoms. The lowest BCUT2D eigenvalue weighted by atomic mass is 9.93. The van der Waals surface area contributed by atoms with E-state index in [4.69, 9.17) is 4.74 Å². The van der Waals surface area contributed by atoms with Gasteiger partial charge in [0.2, 0.25) is 6.73 Å². The summed E-state index contributed by atoms with van der Waals surface area (Å²) in [6, 6.07) is 13.6. The van der Waals surface area contributed by atoms with Gasteiger partial charge in [0, 0.05) is 23.1 Å². The standard InChI is InChI=1S/C23H25F3NO3S/c1-22(2,3)27(18-12-8-11-17(13-18)23(24,25)26)15-30-19(14-31(4)29)20(21(27)28)16-9-6-5-7-10-16/h5-13H,14-15H2,1-4H3/q+1. The van der Waals surface area contributed by atoms with Gasteiger partial charge in [-0.25, -0.2) is 4.79 Å². The number of hydrogen-bond donors (Lipinski definition) is 0. The van der Waals surface area contributed by atoms with Crippen molar-refractivity contribution in [1.29, 1.82) is 0 Å². The number of nitrogens with zero attached hydrogens (tertiary/aromatic N) is 1. The number of halogens is 3. The number of alkyl halides is 3. The number of hydrogen-bond acceptors (Lipinski definition) is 3. The molecule has 0 fully saturated rings. The third-order valence-corrected chi connectivity index (χ3v) is 6.10. The van der Waals surface area contributed by atoms with Crippen molar-refractivity contribution in [3.63, 3.8) is 0 Å². The fraction of sp³-hybridized carbons (Fsp3) is 0.348. The lowest BCUT2D eigenvalue weighted by molar-refractivity contribution is -0.140. The van der Waals surface area contributed by atoms with E-state index >= 15 is 0 Å². The third-order valence-electron chi connectivity index (χ3n) is 5.43. The van der Waals surface area contributed by atoms with E-state index in [9.17, 15) is 22.2 Å². The molecule has 2 atom stereocenters. The summed E-state index contributed by atoms with van der Waals surface area (Å²) in [6.07, 6.45) is -3.03. The number of quaternary nitrogens is 1. The highest BCUT2D eigenvalue weighted by Gasteiger charge is 2.55. The van der Waals surface area contributed by atoms with E-state index in [0.29, 0.717) is 11.3 Å². The SMILES string of the molecule is CS(=O)CC1=C(c2ccccc2)C(=O)[N+](c2cccc(C(F)(F)F)c2)(C(C)(C)C)CO1. The van der Waals surface area contributed by atoms with Gasteiger partial charge < -0.3 is 4.74 Å². The number of ether oxygens (including phenoxy) is 1. The summed E-state index contributed by atoms with van der Waals surface area (Å²) in [7, 11) is -1.27. The van der Waals surface area contributed by atoms with Crippen molar-refractivity contribution in [1.82, 2.24) is 4.48 Å². The molecule has 8 heteroatoms. The smallest absolute Gasteiger partial charge is 0.416 e. The second-order valence-corrected chi connectivity index (χ2v) is 9.92. The molecular formula is C23H25F3NO3S+. The van der Waals surface area contributed by atoms with Crippen molar-refractivity contribution in [3.05, 3.63) is 71.5 Å². The zero-order valence-electron chi connectivity index (χ0n) is 17.8. The van der Waals surface area contributed by atoms with Crippen LogP contribution in [0.3, 0.4) is 0 Å². The average molecular weight is 453 g/mol. The molecule has 0 radical (unpaired) electrons. The maximum absolute atomic E-state index is 14.1. The van der Waals surface area contributed by atoms with E-state index in [2.05, 4.69) is 0 Å². The van der Waals surface area contributed by atoms with E-state index in [1.54, 1.807) is 51.1 Å². The first-order chi connectivity index (χ1) is 14.4. The molecule has 0 N–H and O–H groups in total. The predicted molar refractivity (Wildman–Crippen MR) is 116 cm³/mol. The molecule has 0 spiro atoms. The zero-order valence-corrected chi connectivity index (χ0v) is 18.6. The molecule has 0 bridgehead atoms. The summed E-state index contributed by atoms with van der Waals surface area (Å²) in [5.41, 5.74) is -0.637. The number of carbonyl (C=O) groups excluding carboxylic acids is 1. The van der Waals surface area contributed by atoms with Gasteiger partial charge in [-0.05, 0) is 38.5 Å². The Morgan fingerprint density at radius 2 is 1.68 bits per heavy atom. The third kappa shape index (κ3) is 4.32. The fourth-order valence-corrected chi connectivity index (χ4v) is 4.40. The van der Waals surface area contributed by atoms with Gasteiger partial charge in [0.05, 0.1) is 11.3 Å². The molecule has 3 rings (SSSR count). The van der Waals surface area contributed by atoms with Crippen molar-refractivity contribution in [3.8, 4) is 0 Å². The largest absolute Gasteiger partial charge is 0.447 e. The highest BCUT2D eigenvalue weighted by molar-refractivity contribution is 7.84. The number of amides is 1. The van der Waals surface area contributed by atoms with E-state index in [1.165, 1.54) is 18.4 Å². The molecule has 0 aliphatic carbocycles. The lowest BCUT2D eigenvalue weighted by Gasteiger charge is -2.47. The summed E-state index contributed by atoms with van der Waals surface area (Å²) in [4.78, 5) is 14.1. The Morgan fingerprint density at radius 3 is 2.23 bits per heavy atom. The molecule has 1 aliphatic heterocycles. The Hall–Kier alpha value is -2.45. The summed E-state index contributed by atoms with van der Waals surface area (Å²) >= 11 is 0. The van der Waals surface area contributed by atoms with Crippen LogP contribution in [-0.4, -0.2) is 34.4 Å². The van der Waals surface area contributed by atoms with E-state index in [0.717, 1.165) is 12.1 Å². The molecule has 4 nitrogen and oxygen atoms in total. The first kappa shape index (κ1) is 23.2. The van der Waals surface area contributed by atoms with Gasteiger partial charge in [0.25, 0.3) is 0 Å². The minimum Gasteiger partial charge on any atom is -0.447 e. The first-order valence-electron chi connectivity index (χ1n) is 9.70. The maximum Gasteiger partial charge on any atom is 0.416 e. The molecular weight excluding hydrogens is 427 g/mol. The van der Waals surface area contributed by atoms with Crippen molar-refractivity contribution >= 4 is 28.0 Å². The van der Waals surface area contributed by atoms with Crippen LogP contribution in [0.1, 0.15) is 31.9 Å². The minimum absolute atomic E-state index is 0.0443. The topological polar surface area (TPSA) is 43.4 Å². The normalized spacial score (nSPS) is 21.1. The van der Waals surface area contributed by atoms with Crippen LogP contribution in [0.25, 0.3) is 5.57 Å². The molecule has 166 valence electrons. The molecule has 0 saturated carbocycles. The van der Waals surface area contributed by atoms with E-state index in [1.807, 2.05) is 0 Å². The first-order valence-corrected chi connectivity index (χ1v) is 11.4. The lowest BCUT2D eigenvalue weighted by Crippen LogP contribution is -2.68. The molecule has 0 saturated heterocycles. The van der Waals surface area contributed by atoms with Gasteiger partial charge in [-0.3, -0.25) is 4.21 Å². The van der Waals surface area contributed by atoms with Crippen LogP contribution < -0.4 is 4.48 Å². The van der Waals surface area contributed by atoms with Gasteiger partial charge in [-0.15, -0.1) is 0 Å². The number of rotatable bonds is 4. The fourth-order valence-electron chi connectivity index (χ4n) is 3.80. The molecule has 0 aromatic heterocycles. The zero-order chi connectivity index (χ0) is 23.0. The Morgan fingerprint density at radius 1 is 1.03 bits per heavy atom. The van der Waals surface area contributed by atoms with Gasteiger partial charge in [-0.1, -0.05) is 36.4 Å². The van der Waals surface area contributed by atoms with Crippen molar-refractivity contribution in [2.45, 2.75) is 32.5 Å². The second kappa shape index (κ2) is 8.24. The Balaban J connectivity index is 2.28. The molecule has 2 unspecified atom stereocenters. The highest BCUT2D eigenvalue weighted by atomic mass is 32.2. The van der Waals surface area contributed by atoms with Crippen LogP contribution in [0.4, 0.5) is 18.9 Å². The molecule has 1 heterocycles. The van der Waals surface area contributed by atoms with Gasteiger partial charge >= 0.3 is 12.1 Å². The van der Waals surface area contributed by atoms with E-state index in [-0.39, 0.29) is 29.7 Å². The Labute approximate surface area is 182 Å². The van der Waals surface area contributed by atoms with Crippen LogP contribution in [-0.2, 0) is 26.5 Å². The maximum atomic E-state index is 14.1. The molecule has 2 aromatic carbocycles. The number of benzene rings is 2. The summed E-state index contributed by atoms with van der Waals surface area (Å²) < 4.78 is 57.8. The highest BCUT2D eigenvalue weighted by Crippen LogP contribution is 2.43. The summed E-state index contributed by atoms with van der Waals surface area (Å²) in [5.74, 6) is -0.0466. The minimum atomic E-state index is -4.54. The van der Waals surface area contributed by atoms with E-state index < -0.39 is 32.6 Å². The summed E-state index contributed by atoms with van der Waals surface area (Å²) in [5, 5.41) is 0. The monoisotopic (exact) mass is 452 g/mol. The molecule has 2 aromatic rings. The Bertz CT molecular complexity index is 1040. The van der Waals surface area contributed by atoms with Crippen LogP contribution in [0.5, 0.6) is 0 Å². The van der Waals surface area contributed by atoms with Crippen LogP contribution in [0.15, 0.2) is 60.4 Å². The average Bonchev–Trinajstić information content (AvgIpc) is 2.67. The number of carbonyl (C=O) groups is 1. The second-order valence-electron chi connectivity index (χ2n) is 8.49. The van der Waals surface area contributed by atoms with Crippen LogP contribution in [0.2, 0.25) is 0 Å². The van der Waals surface area contributed by atoms with Crippen molar-refractivity contribution in [2.24, 2.45) is 0 Å². The summed E-state index contributed by atoms with van der Waals surface area (Å²) in [6.45, 7) is 5.19. The van der Waals surface area contributed by atoms with Crippen molar-refractivity contribution in [2.75, 3.05) is 18.7 Å². The molecule has 1 aliphatic rings. The predicted octanol–water partition coefficient (Wildman–Crippen LogP) is 5.12. The van der Waals surface area contributed by atoms with Gasteiger partial charge in [0.1, 0.15) is 22.6 Å². The van der Waals surface area contributed by atoms with Crippen LogP contribution >= 0.6 is 0 Å². The van der Waals surface area contributed by atoms with Gasteiger partial charge in [-0.2, -0.15) is 17.7 Å². The van der Waals surface area contributed by atoms with Crippen LogP contribution in [0, 0.1) is 0 Å². The quantitative estimate of drug-likeness (QED) is 0.605. The van der Waals surface area contributed by atoms with Gasteiger partial charge in [0.15, 0.2) is 0 Å². The molecule has 1 amide bonds. The Kier molecular flexibility index (Phi) is 6.17.